The number of methoxy groups -OCH3 is 1. The summed E-state index contributed by atoms with van der Waals surface area (Å²) < 4.78 is 4.65. The molecule has 3 N–H and O–H groups in total. The molecule has 0 saturated carbocycles. The highest BCUT2D eigenvalue weighted by molar-refractivity contribution is 5.87. The smallest absolute Gasteiger partial charge is 0.249 e. The number of rotatable bonds is 3. The van der Waals surface area contributed by atoms with Crippen LogP contribution in [-0.2, 0) is 14.3 Å². The number of hydrogen-bond acceptors (Lipinski definition) is 4. The SMILES string of the molecule is COCC(=O)N1CC(O)CC1C(N)=O. The lowest BCUT2D eigenvalue weighted by Gasteiger charge is -2.21. The van der Waals surface area contributed by atoms with Crippen LogP contribution in [0, 0.1) is 0 Å². The lowest BCUT2D eigenvalue weighted by atomic mass is 10.2. The van der Waals surface area contributed by atoms with Gasteiger partial charge in [0.2, 0.25) is 11.8 Å². The van der Waals surface area contributed by atoms with Crippen molar-refractivity contribution < 1.29 is 19.4 Å². The molecule has 2 unspecified atom stereocenters. The van der Waals surface area contributed by atoms with Crippen molar-refractivity contribution in [3.8, 4) is 0 Å². The quantitative estimate of drug-likeness (QED) is 0.558. The maximum atomic E-state index is 11.4. The number of β-amino-alcohol motifs (C(OH)–C–C–N with tert-alkyl or cyclic N) is 1. The summed E-state index contributed by atoms with van der Waals surface area (Å²) in [5.74, 6) is -0.918. The van der Waals surface area contributed by atoms with Gasteiger partial charge in [-0.15, -0.1) is 0 Å². The molecule has 1 rings (SSSR count). The number of nitrogens with zero attached hydrogens (tertiary/aromatic N) is 1. The van der Waals surface area contributed by atoms with Crippen molar-refractivity contribution in [3.63, 3.8) is 0 Å². The number of ether oxygens (including phenoxy) is 1. The molecule has 0 aliphatic carbocycles. The van der Waals surface area contributed by atoms with Gasteiger partial charge in [-0.25, -0.2) is 0 Å². The van der Waals surface area contributed by atoms with Crippen molar-refractivity contribution in [2.75, 3.05) is 20.3 Å². The molecule has 1 aliphatic rings. The minimum absolute atomic E-state index is 0.101. The minimum Gasteiger partial charge on any atom is -0.391 e. The summed E-state index contributed by atoms with van der Waals surface area (Å²) in [7, 11) is 1.39. The number of aliphatic hydroxyl groups is 1. The molecule has 6 nitrogen and oxygen atoms in total. The molecule has 80 valence electrons. The molecule has 1 aliphatic heterocycles. The fourth-order valence-electron chi connectivity index (χ4n) is 1.57. The van der Waals surface area contributed by atoms with Crippen LogP contribution >= 0.6 is 0 Å². The van der Waals surface area contributed by atoms with Crippen molar-refractivity contribution in [2.24, 2.45) is 5.73 Å². The molecule has 6 heteroatoms. The Kier molecular flexibility index (Phi) is 3.43. The molecule has 0 radical (unpaired) electrons. The molecule has 0 spiro atoms. The van der Waals surface area contributed by atoms with Crippen molar-refractivity contribution in [1.82, 2.24) is 4.90 Å². The fourth-order valence-corrected chi connectivity index (χ4v) is 1.57. The van der Waals surface area contributed by atoms with Crippen LogP contribution in [0.15, 0.2) is 0 Å². The number of carbonyl (C=O) groups excluding carboxylic acids is 2. The van der Waals surface area contributed by atoms with E-state index in [1.54, 1.807) is 0 Å². The molecule has 0 bridgehead atoms. The van der Waals surface area contributed by atoms with E-state index >= 15 is 0 Å². The molecule has 2 amide bonds. The van der Waals surface area contributed by atoms with Gasteiger partial charge >= 0.3 is 0 Å². The van der Waals surface area contributed by atoms with Crippen LogP contribution in [0.1, 0.15) is 6.42 Å². The van der Waals surface area contributed by atoms with E-state index in [2.05, 4.69) is 4.74 Å². The molecule has 2 atom stereocenters. The van der Waals surface area contributed by atoms with Crippen LogP contribution in [-0.4, -0.2) is 54.2 Å². The monoisotopic (exact) mass is 202 g/mol. The molecule has 0 aromatic heterocycles. The maximum absolute atomic E-state index is 11.4. The summed E-state index contributed by atoms with van der Waals surface area (Å²) in [6.45, 7) is 0.0479. The van der Waals surface area contributed by atoms with Crippen LogP contribution < -0.4 is 5.73 Å². The summed E-state index contributed by atoms with van der Waals surface area (Å²) in [6, 6.07) is -0.701. The Bertz CT molecular complexity index is 243. The Balaban J connectivity index is 2.66. The lowest BCUT2D eigenvalue weighted by Crippen LogP contribution is -2.45. The Morgan fingerprint density at radius 1 is 1.64 bits per heavy atom. The molecule has 1 heterocycles. The van der Waals surface area contributed by atoms with E-state index < -0.39 is 18.1 Å². The topological polar surface area (TPSA) is 92.9 Å². The Morgan fingerprint density at radius 3 is 2.79 bits per heavy atom. The third-order valence-corrected chi connectivity index (χ3v) is 2.20. The van der Waals surface area contributed by atoms with Gasteiger partial charge in [-0.2, -0.15) is 0 Å². The first kappa shape index (κ1) is 10.9. The van der Waals surface area contributed by atoms with Gasteiger partial charge in [0.05, 0.1) is 6.10 Å². The second kappa shape index (κ2) is 4.39. The zero-order valence-corrected chi connectivity index (χ0v) is 7.97. The second-order valence-electron chi connectivity index (χ2n) is 3.29. The van der Waals surface area contributed by atoms with E-state index in [-0.39, 0.29) is 25.5 Å². The van der Waals surface area contributed by atoms with E-state index in [0.717, 1.165) is 0 Å². The molecule has 1 fully saturated rings. The highest BCUT2D eigenvalue weighted by Crippen LogP contribution is 2.17. The van der Waals surface area contributed by atoms with Crippen molar-refractivity contribution in [1.29, 1.82) is 0 Å². The van der Waals surface area contributed by atoms with Gasteiger partial charge < -0.3 is 20.5 Å². The number of likely N-dealkylation sites (tertiary alicyclic amines) is 1. The normalized spacial score (nSPS) is 26.6. The van der Waals surface area contributed by atoms with Crippen LogP contribution in [0.25, 0.3) is 0 Å². The molecular weight excluding hydrogens is 188 g/mol. The van der Waals surface area contributed by atoms with Crippen LogP contribution in [0.4, 0.5) is 0 Å². The van der Waals surface area contributed by atoms with Gasteiger partial charge in [0.1, 0.15) is 12.6 Å². The summed E-state index contributed by atoms with van der Waals surface area (Å²) in [6.07, 6.45) is -0.460. The Hall–Kier alpha value is -1.14. The number of amides is 2. The highest BCUT2D eigenvalue weighted by atomic mass is 16.5. The van der Waals surface area contributed by atoms with Crippen molar-refractivity contribution >= 4 is 11.8 Å². The van der Waals surface area contributed by atoms with Gasteiger partial charge in [0.25, 0.3) is 0 Å². The van der Waals surface area contributed by atoms with Gasteiger partial charge in [-0.05, 0) is 0 Å². The average Bonchev–Trinajstić information content (AvgIpc) is 2.48. The third-order valence-electron chi connectivity index (χ3n) is 2.20. The van der Waals surface area contributed by atoms with Crippen LogP contribution in [0.2, 0.25) is 0 Å². The summed E-state index contributed by atoms with van der Waals surface area (Å²) in [5.41, 5.74) is 5.10. The van der Waals surface area contributed by atoms with E-state index in [0.29, 0.717) is 0 Å². The number of nitrogens with two attached hydrogens (primary N) is 1. The first-order valence-corrected chi connectivity index (χ1v) is 4.32. The number of carbonyl (C=O) groups is 2. The van der Waals surface area contributed by atoms with Crippen LogP contribution in [0.5, 0.6) is 0 Å². The van der Waals surface area contributed by atoms with E-state index in [4.69, 9.17) is 5.73 Å². The zero-order valence-electron chi connectivity index (χ0n) is 7.97. The first-order valence-electron chi connectivity index (χ1n) is 4.32. The molecule has 0 aromatic carbocycles. The van der Waals surface area contributed by atoms with Gasteiger partial charge in [0, 0.05) is 20.1 Å². The lowest BCUT2D eigenvalue weighted by molar-refractivity contribution is -0.140. The van der Waals surface area contributed by atoms with Gasteiger partial charge in [-0.1, -0.05) is 0 Å². The van der Waals surface area contributed by atoms with Crippen molar-refractivity contribution in [3.05, 3.63) is 0 Å². The predicted molar refractivity (Wildman–Crippen MR) is 47.2 cm³/mol. The van der Waals surface area contributed by atoms with Crippen molar-refractivity contribution in [2.45, 2.75) is 18.6 Å². The highest BCUT2D eigenvalue weighted by Gasteiger charge is 2.37. The molecule has 0 aromatic rings. The first-order chi connectivity index (χ1) is 6.56. The fraction of sp³-hybridized carbons (Fsp3) is 0.750. The number of primary amides is 1. The maximum Gasteiger partial charge on any atom is 0.249 e. The Labute approximate surface area is 81.6 Å². The third kappa shape index (κ3) is 2.21. The summed E-state index contributed by atoms with van der Waals surface area (Å²) in [4.78, 5) is 23.6. The predicted octanol–water partition coefficient (Wildman–Crippen LogP) is -1.92. The zero-order chi connectivity index (χ0) is 10.7. The average molecular weight is 202 g/mol. The standard InChI is InChI=1S/C8H14N2O4/c1-14-4-7(12)10-3-5(11)2-6(10)8(9)13/h5-6,11H,2-4H2,1H3,(H2,9,13). The summed E-state index contributed by atoms with van der Waals surface area (Å²) in [5, 5.41) is 9.29. The van der Waals surface area contributed by atoms with Crippen LogP contribution in [0.3, 0.4) is 0 Å². The minimum atomic E-state index is -0.701. The largest absolute Gasteiger partial charge is 0.391 e. The second-order valence-corrected chi connectivity index (χ2v) is 3.29. The van der Waals surface area contributed by atoms with Gasteiger partial charge in [0.15, 0.2) is 0 Å². The van der Waals surface area contributed by atoms with E-state index in [9.17, 15) is 14.7 Å². The van der Waals surface area contributed by atoms with E-state index in [1.165, 1.54) is 12.0 Å². The summed E-state index contributed by atoms with van der Waals surface area (Å²) >= 11 is 0. The molecule has 1 saturated heterocycles. The number of aliphatic hydroxyl groups excluding tert-OH is 1. The van der Waals surface area contributed by atoms with Gasteiger partial charge in [-0.3, -0.25) is 9.59 Å². The molecular formula is C8H14N2O4. The molecule has 14 heavy (non-hydrogen) atoms. The Morgan fingerprint density at radius 2 is 2.29 bits per heavy atom. The number of hydrogen-bond donors (Lipinski definition) is 2. The van der Waals surface area contributed by atoms with E-state index in [1.807, 2.05) is 0 Å².